The zero-order valence-corrected chi connectivity index (χ0v) is 32.1. The molecule has 1 saturated heterocycles. The van der Waals surface area contributed by atoms with E-state index in [0.717, 1.165) is 33.6 Å². The molecular formula is C46H45ClO7S. The summed E-state index contributed by atoms with van der Waals surface area (Å²) in [5.41, 5.74) is 5.48. The molecule has 1 aliphatic heterocycles. The fraction of sp³-hybridized carbons (Fsp3) is 0.283. The lowest BCUT2D eigenvalue weighted by Crippen LogP contribution is -2.58. The second-order valence-corrected chi connectivity index (χ2v) is 15.2. The maximum Gasteiger partial charge on any atom is 0.334 e. The number of benzene rings is 4. The summed E-state index contributed by atoms with van der Waals surface area (Å²) in [4.78, 5) is 13.7. The molecule has 1 aromatic heterocycles. The van der Waals surface area contributed by atoms with Gasteiger partial charge in [-0.1, -0.05) is 151 Å². The molecule has 55 heavy (non-hydrogen) atoms. The van der Waals surface area contributed by atoms with Crippen molar-refractivity contribution in [3.05, 3.63) is 188 Å². The minimum Gasteiger partial charge on any atom is -0.457 e. The molecule has 0 radical (unpaired) electrons. The van der Waals surface area contributed by atoms with E-state index in [0.29, 0.717) is 48.3 Å². The topological polar surface area (TPSA) is 72.5 Å². The van der Waals surface area contributed by atoms with Gasteiger partial charge in [0.15, 0.2) is 0 Å². The van der Waals surface area contributed by atoms with Crippen LogP contribution in [0.2, 0.25) is 4.34 Å². The number of rotatable bonds is 17. The van der Waals surface area contributed by atoms with E-state index in [9.17, 15) is 4.79 Å². The third kappa shape index (κ3) is 10.9. The Labute approximate surface area is 332 Å². The van der Waals surface area contributed by atoms with Crippen LogP contribution in [0.4, 0.5) is 0 Å². The molecule has 0 saturated carbocycles. The van der Waals surface area contributed by atoms with Gasteiger partial charge in [0.25, 0.3) is 0 Å². The highest BCUT2D eigenvalue weighted by molar-refractivity contribution is 7.16. The van der Waals surface area contributed by atoms with E-state index < -0.39 is 30.5 Å². The highest BCUT2D eigenvalue weighted by atomic mass is 35.5. The van der Waals surface area contributed by atoms with Crippen molar-refractivity contribution < 1.29 is 33.2 Å². The van der Waals surface area contributed by atoms with Gasteiger partial charge in [0.05, 0.1) is 37.4 Å². The summed E-state index contributed by atoms with van der Waals surface area (Å²) in [5, 5.41) is 0. The fourth-order valence-electron chi connectivity index (χ4n) is 6.69. The van der Waals surface area contributed by atoms with Crippen molar-refractivity contribution in [2.45, 2.75) is 76.4 Å². The summed E-state index contributed by atoms with van der Waals surface area (Å²) in [6.45, 7) is 1.70. The van der Waals surface area contributed by atoms with Gasteiger partial charge in [-0.3, -0.25) is 0 Å². The van der Waals surface area contributed by atoms with Crippen LogP contribution in [-0.4, -0.2) is 37.0 Å². The van der Waals surface area contributed by atoms with Crippen LogP contribution in [0.1, 0.15) is 51.6 Å². The summed E-state index contributed by atoms with van der Waals surface area (Å²) in [6.07, 6.45) is 4.30. The minimum absolute atomic E-state index is 0.0395. The van der Waals surface area contributed by atoms with Crippen LogP contribution >= 0.6 is 22.9 Å². The third-order valence-electron chi connectivity index (χ3n) is 9.57. The van der Waals surface area contributed by atoms with Gasteiger partial charge in [-0.05, 0) is 41.2 Å². The molecule has 5 aromatic rings. The van der Waals surface area contributed by atoms with Gasteiger partial charge in [0, 0.05) is 16.0 Å². The lowest BCUT2D eigenvalue weighted by atomic mass is 9.93. The largest absolute Gasteiger partial charge is 0.457 e. The van der Waals surface area contributed by atoms with Gasteiger partial charge in [0.2, 0.25) is 0 Å². The molecule has 284 valence electrons. The maximum atomic E-state index is 12.9. The highest BCUT2D eigenvalue weighted by Crippen LogP contribution is 2.43. The lowest BCUT2D eigenvalue weighted by molar-refractivity contribution is -0.274. The molecule has 0 N–H and O–H groups in total. The van der Waals surface area contributed by atoms with E-state index in [4.69, 9.17) is 40.0 Å². The van der Waals surface area contributed by atoms with Gasteiger partial charge in [-0.15, -0.1) is 11.3 Å². The summed E-state index contributed by atoms with van der Waals surface area (Å²) in [6, 6.07) is 42.2. The monoisotopic (exact) mass is 776 g/mol. The Morgan fingerprint density at radius 1 is 0.673 bits per heavy atom. The Morgan fingerprint density at radius 2 is 1.20 bits per heavy atom. The summed E-state index contributed by atoms with van der Waals surface area (Å²) < 4.78 is 40.3. The lowest BCUT2D eigenvalue weighted by Gasteiger charge is -2.46. The molecule has 9 heteroatoms. The number of carbonyl (C=O) groups excluding carboxylic acids is 1. The van der Waals surface area contributed by atoms with Gasteiger partial charge in [-0.2, -0.15) is 0 Å². The number of thiophene rings is 1. The molecule has 2 heterocycles. The van der Waals surface area contributed by atoms with Crippen molar-refractivity contribution in [2.24, 2.45) is 0 Å². The molecule has 1 fully saturated rings. The predicted molar refractivity (Wildman–Crippen MR) is 214 cm³/mol. The third-order valence-corrected chi connectivity index (χ3v) is 11.1. The van der Waals surface area contributed by atoms with Crippen molar-refractivity contribution >= 4 is 28.9 Å². The van der Waals surface area contributed by atoms with Crippen LogP contribution in [0.5, 0.6) is 0 Å². The molecule has 0 bridgehead atoms. The molecule has 7 rings (SSSR count). The molecule has 4 aromatic carbocycles. The summed E-state index contributed by atoms with van der Waals surface area (Å²) >= 11 is 8.28. The SMILES string of the molecule is O=C(OCc1cc(C2OC(COCc3ccccc3)C(OCc3ccccc3)C(OCc3ccccc3)C2OCc2ccccc2)sc1Cl)C1=CC=CCC1. The van der Waals surface area contributed by atoms with Crippen molar-refractivity contribution in [2.75, 3.05) is 6.61 Å². The molecule has 5 unspecified atom stereocenters. The van der Waals surface area contributed by atoms with Gasteiger partial charge < -0.3 is 28.4 Å². The Balaban J connectivity index is 1.21. The van der Waals surface area contributed by atoms with Gasteiger partial charge in [0.1, 0.15) is 37.1 Å². The van der Waals surface area contributed by atoms with Crippen LogP contribution in [0.15, 0.2) is 151 Å². The quantitative estimate of drug-likeness (QED) is 0.0871. The number of halogens is 1. The van der Waals surface area contributed by atoms with E-state index in [-0.39, 0.29) is 19.2 Å². The molecule has 5 atom stereocenters. The van der Waals surface area contributed by atoms with E-state index in [2.05, 4.69) is 0 Å². The van der Waals surface area contributed by atoms with Crippen LogP contribution in [0.3, 0.4) is 0 Å². The van der Waals surface area contributed by atoms with Crippen molar-refractivity contribution in [1.29, 1.82) is 0 Å². The van der Waals surface area contributed by atoms with Crippen LogP contribution in [0.25, 0.3) is 0 Å². The smallest absolute Gasteiger partial charge is 0.334 e. The van der Waals surface area contributed by atoms with E-state index in [1.807, 2.05) is 146 Å². The zero-order valence-electron chi connectivity index (χ0n) is 30.5. The van der Waals surface area contributed by atoms with Crippen LogP contribution < -0.4 is 0 Å². The summed E-state index contributed by atoms with van der Waals surface area (Å²) in [7, 11) is 0. The van der Waals surface area contributed by atoms with Crippen LogP contribution in [-0.2, 0) is 66.3 Å². The number of allylic oxidation sites excluding steroid dienone is 3. The first-order valence-corrected chi connectivity index (χ1v) is 19.8. The van der Waals surface area contributed by atoms with Crippen molar-refractivity contribution in [1.82, 2.24) is 0 Å². The first-order valence-electron chi connectivity index (χ1n) is 18.7. The Kier molecular flexibility index (Phi) is 14.1. The second-order valence-electron chi connectivity index (χ2n) is 13.6. The predicted octanol–water partition coefficient (Wildman–Crippen LogP) is 10.1. The first kappa shape index (κ1) is 38.9. The average molecular weight is 777 g/mol. The number of ether oxygens (including phenoxy) is 6. The first-order chi connectivity index (χ1) is 27.1. The van der Waals surface area contributed by atoms with E-state index >= 15 is 0 Å². The van der Waals surface area contributed by atoms with Crippen molar-refractivity contribution in [3.63, 3.8) is 0 Å². The van der Waals surface area contributed by atoms with Crippen molar-refractivity contribution in [3.8, 4) is 0 Å². The molecule has 2 aliphatic rings. The Morgan fingerprint density at radius 3 is 1.75 bits per heavy atom. The fourth-order valence-corrected chi connectivity index (χ4v) is 8.03. The number of hydrogen-bond acceptors (Lipinski definition) is 8. The second kappa shape index (κ2) is 20.0. The molecule has 1 aliphatic carbocycles. The van der Waals surface area contributed by atoms with Gasteiger partial charge in [-0.25, -0.2) is 4.79 Å². The normalized spacial score (nSPS) is 20.9. The van der Waals surface area contributed by atoms with E-state index in [1.54, 1.807) is 0 Å². The molecular weight excluding hydrogens is 732 g/mol. The molecule has 7 nitrogen and oxygen atoms in total. The maximum absolute atomic E-state index is 12.9. The standard InChI is InChI=1S/C46H45ClO7S/c47-45-38(31-53-46(48)37-24-14-5-15-25-37)26-40(55-45)42-44(52-30-36-22-12-4-13-23-36)43(51-29-35-20-10-3-11-21-35)41(50-28-34-18-8-2-9-19-34)39(54-42)32-49-27-33-16-6-1-7-17-33/h1-14,16-24,26,39,41-44H,15,25,27-32H2. The number of carbonyl (C=O) groups is 1. The Hall–Kier alpha value is -4.38. The highest BCUT2D eigenvalue weighted by Gasteiger charge is 2.49. The van der Waals surface area contributed by atoms with E-state index in [1.165, 1.54) is 11.3 Å². The molecule has 0 spiro atoms. The summed E-state index contributed by atoms with van der Waals surface area (Å²) in [5.74, 6) is -0.338. The number of esters is 1. The minimum atomic E-state index is -0.612. The van der Waals surface area contributed by atoms with Gasteiger partial charge >= 0.3 is 5.97 Å². The zero-order chi connectivity index (χ0) is 37.7. The van der Waals surface area contributed by atoms with Crippen LogP contribution in [0, 0.1) is 0 Å². The molecule has 0 amide bonds. The average Bonchev–Trinajstić information content (AvgIpc) is 3.62. The Bertz CT molecular complexity index is 1980. The number of hydrogen-bond donors (Lipinski definition) is 0.